The van der Waals surface area contributed by atoms with Gasteiger partial charge >= 0.3 is 0 Å². The van der Waals surface area contributed by atoms with Crippen LogP contribution in [0.2, 0.25) is 0 Å². The summed E-state index contributed by atoms with van der Waals surface area (Å²) in [5.74, 6) is 1.29. The Balaban J connectivity index is 1.87. The van der Waals surface area contributed by atoms with E-state index in [0.717, 1.165) is 24.3 Å². The second-order valence-corrected chi connectivity index (χ2v) is 6.01. The van der Waals surface area contributed by atoms with Gasteiger partial charge in [-0.05, 0) is 50.2 Å². The maximum atomic E-state index is 11.5. The fourth-order valence-electron chi connectivity index (χ4n) is 2.49. The molecule has 1 unspecified atom stereocenters. The summed E-state index contributed by atoms with van der Waals surface area (Å²) in [4.78, 5) is 15.7. The average molecular weight is 291 g/mol. The van der Waals surface area contributed by atoms with Gasteiger partial charge in [-0.2, -0.15) is 0 Å². The lowest BCUT2D eigenvalue weighted by Gasteiger charge is -2.26. The molecule has 116 valence electrons. The van der Waals surface area contributed by atoms with Crippen molar-refractivity contribution in [1.29, 1.82) is 0 Å². The van der Waals surface area contributed by atoms with Crippen molar-refractivity contribution < 1.29 is 9.53 Å². The minimum atomic E-state index is -0.494. The third-order valence-electron chi connectivity index (χ3n) is 3.93. The lowest BCUT2D eigenvalue weighted by molar-refractivity contribution is -0.122. The van der Waals surface area contributed by atoms with Crippen LogP contribution in [0.25, 0.3) is 0 Å². The zero-order valence-corrected chi connectivity index (χ0v) is 12.8. The summed E-state index contributed by atoms with van der Waals surface area (Å²) in [7, 11) is 0. The number of pyridine rings is 1. The van der Waals surface area contributed by atoms with Gasteiger partial charge in [-0.15, -0.1) is 0 Å². The Morgan fingerprint density at radius 3 is 2.86 bits per heavy atom. The van der Waals surface area contributed by atoms with Crippen LogP contribution in [-0.2, 0) is 11.3 Å². The van der Waals surface area contributed by atoms with Crippen molar-refractivity contribution in [2.45, 2.75) is 58.2 Å². The Kier molecular flexibility index (Phi) is 5.56. The molecule has 1 aromatic rings. The van der Waals surface area contributed by atoms with Gasteiger partial charge in [0.05, 0.1) is 6.04 Å². The minimum absolute atomic E-state index is 0.157. The number of carbonyl (C=O) groups excluding carboxylic acids is 1. The Morgan fingerprint density at radius 1 is 1.48 bits per heavy atom. The molecular weight excluding hydrogens is 266 g/mol. The van der Waals surface area contributed by atoms with Crippen molar-refractivity contribution in [2.75, 3.05) is 0 Å². The van der Waals surface area contributed by atoms with Crippen LogP contribution in [0.4, 0.5) is 0 Å². The molecule has 0 radical (unpaired) electrons. The molecule has 5 heteroatoms. The van der Waals surface area contributed by atoms with E-state index >= 15 is 0 Å². The summed E-state index contributed by atoms with van der Waals surface area (Å²) in [6.07, 6.45) is 6.60. The van der Waals surface area contributed by atoms with Crippen LogP contribution < -0.4 is 15.8 Å². The molecule has 0 aliphatic heterocycles. The highest BCUT2D eigenvalue weighted by atomic mass is 16.5. The average Bonchev–Trinajstić information content (AvgIpc) is 2.47. The SMILES string of the molecule is CC1CCC(Oc2cc(CNC(=O)C(C)N)ccn2)CC1. The van der Waals surface area contributed by atoms with E-state index in [4.69, 9.17) is 10.5 Å². The summed E-state index contributed by atoms with van der Waals surface area (Å²) < 4.78 is 5.95. The number of hydrogen-bond donors (Lipinski definition) is 2. The molecular formula is C16H25N3O2. The van der Waals surface area contributed by atoms with Crippen LogP contribution >= 0.6 is 0 Å². The molecule has 0 bridgehead atoms. The number of nitrogens with one attached hydrogen (secondary N) is 1. The molecule has 0 saturated heterocycles. The number of ether oxygens (including phenoxy) is 1. The summed E-state index contributed by atoms with van der Waals surface area (Å²) in [6.45, 7) is 4.40. The number of amides is 1. The fourth-order valence-corrected chi connectivity index (χ4v) is 2.49. The lowest BCUT2D eigenvalue weighted by Crippen LogP contribution is -2.37. The Morgan fingerprint density at radius 2 is 2.19 bits per heavy atom. The van der Waals surface area contributed by atoms with Gasteiger partial charge in [0.1, 0.15) is 6.10 Å². The van der Waals surface area contributed by atoms with Gasteiger partial charge in [-0.3, -0.25) is 4.79 Å². The standard InChI is InChI=1S/C16H25N3O2/c1-11-3-5-14(6-4-11)21-15-9-13(7-8-18-15)10-19-16(20)12(2)17/h7-9,11-12,14H,3-6,10,17H2,1-2H3,(H,19,20). The van der Waals surface area contributed by atoms with Crippen molar-refractivity contribution in [3.8, 4) is 5.88 Å². The van der Waals surface area contributed by atoms with E-state index in [1.54, 1.807) is 13.1 Å². The van der Waals surface area contributed by atoms with Crippen LogP contribution in [0.3, 0.4) is 0 Å². The monoisotopic (exact) mass is 291 g/mol. The number of nitrogens with zero attached hydrogens (tertiary/aromatic N) is 1. The highest BCUT2D eigenvalue weighted by molar-refractivity contribution is 5.80. The van der Waals surface area contributed by atoms with Crippen LogP contribution in [0, 0.1) is 5.92 Å². The smallest absolute Gasteiger partial charge is 0.236 e. The first-order valence-electron chi connectivity index (χ1n) is 7.69. The first-order valence-corrected chi connectivity index (χ1v) is 7.69. The van der Waals surface area contributed by atoms with Crippen molar-refractivity contribution >= 4 is 5.91 Å². The second kappa shape index (κ2) is 7.41. The second-order valence-electron chi connectivity index (χ2n) is 6.01. The Labute approximate surface area is 126 Å². The molecule has 1 atom stereocenters. The van der Waals surface area contributed by atoms with Gasteiger partial charge in [0.15, 0.2) is 0 Å². The van der Waals surface area contributed by atoms with Crippen LogP contribution in [0.1, 0.15) is 45.1 Å². The molecule has 21 heavy (non-hydrogen) atoms. The van der Waals surface area contributed by atoms with E-state index in [-0.39, 0.29) is 12.0 Å². The van der Waals surface area contributed by atoms with Gasteiger partial charge in [-0.25, -0.2) is 4.98 Å². The molecule has 1 saturated carbocycles. The van der Waals surface area contributed by atoms with E-state index in [1.807, 2.05) is 12.1 Å². The van der Waals surface area contributed by atoms with E-state index in [1.165, 1.54) is 12.8 Å². The van der Waals surface area contributed by atoms with Gasteiger partial charge < -0.3 is 15.8 Å². The normalized spacial score (nSPS) is 23.4. The van der Waals surface area contributed by atoms with E-state index in [0.29, 0.717) is 12.4 Å². The predicted octanol–water partition coefficient (Wildman–Crippen LogP) is 2.00. The Bertz CT molecular complexity index is 468. The fraction of sp³-hybridized carbons (Fsp3) is 0.625. The molecule has 1 aliphatic rings. The number of hydrogen-bond acceptors (Lipinski definition) is 4. The van der Waals surface area contributed by atoms with Crippen molar-refractivity contribution in [3.63, 3.8) is 0 Å². The third-order valence-corrected chi connectivity index (χ3v) is 3.93. The number of carbonyl (C=O) groups is 1. The highest BCUT2D eigenvalue weighted by Crippen LogP contribution is 2.26. The van der Waals surface area contributed by atoms with Gasteiger partial charge in [0.2, 0.25) is 11.8 Å². The third kappa shape index (κ3) is 5.01. The molecule has 1 amide bonds. The molecule has 1 fully saturated rings. The summed E-state index contributed by atoms with van der Waals surface area (Å²) >= 11 is 0. The van der Waals surface area contributed by atoms with Gasteiger partial charge in [0, 0.05) is 18.8 Å². The van der Waals surface area contributed by atoms with Gasteiger partial charge in [0.25, 0.3) is 0 Å². The summed E-state index contributed by atoms with van der Waals surface area (Å²) in [5, 5.41) is 2.79. The molecule has 1 aromatic heterocycles. The largest absolute Gasteiger partial charge is 0.474 e. The molecule has 3 N–H and O–H groups in total. The van der Waals surface area contributed by atoms with Crippen LogP contribution in [0.15, 0.2) is 18.3 Å². The van der Waals surface area contributed by atoms with Crippen LogP contribution in [-0.4, -0.2) is 23.0 Å². The quantitative estimate of drug-likeness (QED) is 0.870. The number of aromatic nitrogens is 1. The minimum Gasteiger partial charge on any atom is -0.474 e. The molecule has 0 aromatic carbocycles. The highest BCUT2D eigenvalue weighted by Gasteiger charge is 2.19. The van der Waals surface area contributed by atoms with Crippen LogP contribution in [0.5, 0.6) is 5.88 Å². The van der Waals surface area contributed by atoms with E-state index in [9.17, 15) is 4.79 Å². The zero-order chi connectivity index (χ0) is 15.2. The van der Waals surface area contributed by atoms with E-state index in [2.05, 4.69) is 17.2 Å². The molecule has 1 aliphatic carbocycles. The maximum Gasteiger partial charge on any atom is 0.236 e. The van der Waals surface area contributed by atoms with E-state index < -0.39 is 6.04 Å². The van der Waals surface area contributed by atoms with Crippen molar-refractivity contribution in [1.82, 2.24) is 10.3 Å². The number of rotatable bonds is 5. The molecule has 1 heterocycles. The van der Waals surface area contributed by atoms with Gasteiger partial charge in [-0.1, -0.05) is 6.92 Å². The predicted molar refractivity (Wildman–Crippen MR) is 81.8 cm³/mol. The topological polar surface area (TPSA) is 77.2 Å². The summed E-state index contributed by atoms with van der Waals surface area (Å²) in [5.41, 5.74) is 6.49. The Hall–Kier alpha value is -1.62. The molecule has 2 rings (SSSR count). The summed E-state index contributed by atoms with van der Waals surface area (Å²) in [6, 6.07) is 3.27. The first kappa shape index (κ1) is 15.8. The van der Waals surface area contributed by atoms with Crippen molar-refractivity contribution in [2.24, 2.45) is 11.7 Å². The molecule has 5 nitrogen and oxygen atoms in total. The first-order chi connectivity index (χ1) is 10.0. The van der Waals surface area contributed by atoms with Crippen molar-refractivity contribution in [3.05, 3.63) is 23.9 Å². The maximum absolute atomic E-state index is 11.5. The zero-order valence-electron chi connectivity index (χ0n) is 12.8. The molecule has 0 spiro atoms. The number of nitrogens with two attached hydrogens (primary N) is 1. The lowest BCUT2D eigenvalue weighted by atomic mass is 9.89.